The highest BCUT2D eigenvalue weighted by atomic mass is 127. The highest BCUT2D eigenvalue weighted by molar-refractivity contribution is 14.1. The molecule has 1 heterocycles. The van der Waals surface area contributed by atoms with Gasteiger partial charge in [0.1, 0.15) is 5.75 Å². The van der Waals surface area contributed by atoms with Gasteiger partial charge in [-0.1, -0.05) is 0 Å². The second kappa shape index (κ2) is 9.53. The van der Waals surface area contributed by atoms with E-state index in [1.807, 2.05) is 56.3 Å². The molecule has 1 fully saturated rings. The molecule has 3 rings (SSSR count). The molecule has 2 aromatic rings. The number of hydrogen-bond donors (Lipinski definition) is 1. The van der Waals surface area contributed by atoms with E-state index in [-0.39, 0.29) is 12.0 Å². The quantitative estimate of drug-likeness (QED) is 0.426. The summed E-state index contributed by atoms with van der Waals surface area (Å²) in [6.07, 6.45) is 1.86. The lowest BCUT2D eigenvalue weighted by atomic mass is 10.2. The number of amides is 1. The SMILES string of the molecule is COc1ccc(N=C2NC(=O)/C(=C\c3cc(I)c(OC(C)C)c(OC)c3)S2)cc1. The third kappa shape index (κ3) is 5.45. The van der Waals surface area contributed by atoms with Crippen molar-refractivity contribution in [2.75, 3.05) is 14.2 Å². The van der Waals surface area contributed by atoms with E-state index in [4.69, 9.17) is 14.2 Å². The molecule has 2 aromatic carbocycles. The highest BCUT2D eigenvalue weighted by Gasteiger charge is 2.24. The number of rotatable bonds is 6. The molecule has 0 radical (unpaired) electrons. The maximum Gasteiger partial charge on any atom is 0.264 e. The molecule has 1 N–H and O–H groups in total. The monoisotopic (exact) mass is 524 g/mol. The van der Waals surface area contributed by atoms with Gasteiger partial charge in [0, 0.05) is 0 Å². The van der Waals surface area contributed by atoms with E-state index in [2.05, 4.69) is 32.9 Å². The van der Waals surface area contributed by atoms with Gasteiger partial charge in [-0.25, -0.2) is 4.99 Å². The molecule has 6 nitrogen and oxygen atoms in total. The average molecular weight is 524 g/mol. The van der Waals surface area contributed by atoms with Crippen molar-refractivity contribution in [1.29, 1.82) is 0 Å². The largest absolute Gasteiger partial charge is 0.497 e. The summed E-state index contributed by atoms with van der Waals surface area (Å²) in [4.78, 5) is 17.4. The van der Waals surface area contributed by atoms with E-state index in [1.165, 1.54) is 11.8 Å². The summed E-state index contributed by atoms with van der Waals surface area (Å²) in [6.45, 7) is 3.93. The predicted octanol–water partition coefficient (Wildman–Crippen LogP) is 4.99. The molecule has 0 saturated carbocycles. The van der Waals surface area contributed by atoms with Crippen LogP contribution in [0.25, 0.3) is 6.08 Å². The van der Waals surface area contributed by atoms with Crippen molar-refractivity contribution in [3.8, 4) is 17.2 Å². The topological polar surface area (TPSA) is 69.2 Å². The van der Waals surface area contributed by atoms with Crippen molar-refractivity contribution in [3.05, 3.63) is 50.4 Å². The minimum atomic E-state index is -0.182. The molecule has 29 heavy (non-hydrogen) atoms. The van der Waals surface area contributed by atoms with Crippen LogP contribution in [0.4, 0.5) is 5.69 Å². The molecule has 0 aromatic heterocycles. The highest BCUT2D eigenvalue weighted by Crippen LogP contribution is 2.36. The molecule has 0 unspecified atom stereocenters. The molecule has 1 aliphatic heterocycles. The minimum absolute atomic E-state index is 0.0366. The molecule has 1 amide bonds. The van der Waals surface area contributed by atoms with Gasteiger partial charge in [0.15, 0.2) is 16.7 Å². The molecule has 0 bridgehead atoms. The van der Waals surface area contributed by atoms with Crippen LogP contribution in [-0.2, 0) is 4.79 Å². The second-order valence-electron chi connectivity index (χ2n) is 6.38. The number of benzene rings is 2. The van der Waals surface area contributed by atoms with E-state index in [0.29, 0.717) is 21.6 Å². The fourth-order valence-electron chi connectivity index (χ4n) is 2.58. The Labute approximate surface area is 187 Å². The van der Waals surface area contributed by atoms with E-state index >= 15 is 0 Å². The lowest BCUT2D eigenvalue weighted by Crippen LogP contribution is -2.19. The molecular weight excluding hydrogens is 503 g/mol. The van der Waals surface area contributed by atoms with Crippen LogP contribution >= 0.6 is 34.4 Å². The van der Waals surface area contributed by atoms with Gasteiger partial charge in [0.2, 0.25) is 0 Å². The first-order valence-corrected chi connectivity index (χ1v) is 10.8. The van der Waals surface area contributed by atoms with E-state index in [1.54, 1.807) is 14.2 Å². The predicted molar refractivity (Wildman–Crippen MR) is 125 cm³/mol. The molecule has 1 saturated heterocycles. The molecule has 0 aliphatic carbocycles. The van der Waals surface area contributed by atoms with Crippen molar-refractivity contribution >= 4 is 57.2 Å². The Balaban J connectivity index is 1.84. The van der Waals surface area contributed by atoms with E-state index in [9.17, 15) is 4.79 Å². The van der Waals surface area contributed by atoms with Gasteiger partial charge in [-0.3, -0.25) is 4.79 Å². The summed E-state index contributed by atoms with van der Waals surface area (Å²) in [5.74, 6) is 1.91. The van der Waals surface area contributed by atoms with Crippen LogP contribution in [0.5, 0.6) is 17.2 Å². The lowest BCUT2D eigenvalue weighted by molar-refractivity contribution is -0.115. The summed E-state index contributed by atoms with van der Waals surface area (Å²) in [7, 11) is 3.22. The van der Waals surface area contributed by atoms with Crippen LogP contribution < -0.4 is 19.5 Å². The number of nitrogens with zero attached hydrogens (tertiary/aromatic N) is 1. The van der Waals surface area contributed by atoms with Crippen LogP contribution in [0.2, 0.25) is 0 Å². The first-order valence-electron chi connectivity index (χ1n) is 8.87. The molecule has 8 heteroatoms. The van der Waals surface area contributed by atoms with Gasteiger partial charge in [0.25, 0.3) is 5.91 Å². The summed E-state index contributed by atoms with van der Waals surface area (Å²) < 4.78 is 17.4. The lowest BCUT2D eigenvalue weighted by Gasteiger charge is -2.16. The first-order chi connectivity index (χ1) is 13.9. The molecule has 152 valence electrons. The van der Waals surface area contributed by atoms with Crippen molar-refractivity contribution in [2.24, 2.45) is 4.99 Å². The number of carbonyl (C=O) groups is 1. The zero-order valence-electron chi connectivity index (χ0n) is 16.5. The fraction of sp³-hybridized carbons (Fsp3) is 0.238. The second-order valence-corrected chi connectivity index (χ2v) is 8.57. The third-order valence-electron chi connectivity index (χ3n) is 3.86. The van der Waals surface area contributed by atoms with Crippen LogP contribution in [0.15, 0.2) is 46.3 Å². The molecular formula is C21H21IN2O4S. The van der Waals surface area contributed by atoms with Crippen LogP contribution in [0.1, 0.15) is 19.4 Å². The number of thioether (sulfide) groups is 1. The van der Waals surface area contributed by atoms with Gasteiger partial charge in [0.05, 0.1) is 34.5 Å². The van der Waals surface area contributed by atoms with Crippen LogP contribution in [0.3, 0.4) is 0 Å². The summed E-state index contributed by atoms with van der Waals surface area (Å²) >= 11 is 3.51. The number of hydrogen-bond acceptors (Lipinski definition) is 6. The number of carbonyl (C=O) groups excluding carboxylic acids is 1. The first kappa shape index (κ1) is 21.5. The standard InChI is InChI=1S/C21H21IN2O4S/c1-12(2)28-19-16(22)9-13(10-17(19)27-4)11-18-20(25)24-21(29-18)23-14-5-7-15(26-3)8-6-14/h5-12H,1-4H3,(H,23,24,25)/b18-11+. The Hall–Kier alpha value is -2.20. The number of nitrogens with one attached hydrogen (secondary N) is 1. The van der Waals surface area contributed by atoms with Crippen LogP contribution in [-0.4, -0.2) is 31.4 Å². The van der Waals surface area contributed by atoms with E-state index < -0.39 is 0 Å². The Morgan fingerprint density at radius 2 is 1.86 bits per heavy atom. The number of aliphatic imine (C=N–C) groups is 1. The van der Waals surface area contributed by atoms with Gasteiger partial charge in [-0.15, -0.1) is 0 Å². The van der Waals surface area contributed by atoms with Crippen molar-refractivity contribution in [3.63, 3.8) is 0 Å². The smallest absolute Gasteiger partial charge is 0.264 e. The van der Waals surface area contributed by atoms with E-state index in [0.717, 1.165) is 20.6 Å². The Bertz CT molecular complexity index is 971. The zero-order valence-corrected chi connectivity index (χ0v) is 19.5. The molecule has 0 atom stereocenters. The number of amidine groups is 1. The van der Waals surface area contributed by atoms with Crippen molar-refractivity contribution in [2.45, 2.75) is 20.0 Å². The maximum atomic E-state index is 12.4. The van der Waals surface area contributed by atoms with Gasteiger partial charge in [-0.05, 0) is 96.2 Å². The molecule has 0 spiro atoms. The normalized spacial score (nSPS) is 16.4. The fourth-order valence-corrected chi connectivity index (χ4v) is 4.17. The minimum Gasteiger partial charge on any atom is -0.497 e. The maximum absolute atomic E-state index is 12.4. The summed E-state index contributed by atoms with van der Waals surface area (Å²) in [5, 5.41) is 3.33. The van der Waals surface area contributed by atoms with Gasteiger partial charge in [-0.2, -0.15) is 0 Å². The van der Waals surface area contributed by atoms with Gasteiger partial charge >= 0.3 is 0 Å². The Morgan fingerprint density at radius 1 is 1.14 bits per heavy atom. The Morgan fingerprint density at radius 3 is 2.48 bits per heavy atom. The van der Waals surface area contributed by atoms with Crippen molar-refractivity contribution in [1.82, 2.24) is 5.32 Å². The number of methoxy groups -OCH3 is 2. The van der Waals surface area contributed by atoms with Crippen molar-refractivity contribution < 1.29 is 19.0 Å². The van der Waals surface area contributed by atoms with Crippen LogP contribution in [0, 0.1) is 3.57 Å². The number of halogens is 1. The van der Waals surface area contributed by atoms with Gasteiger partial charge < -0.3 is 19.5 Å². The summed E-state index contributed by atoms with van der Waals surface area (Å²) in [5.41, 5.74) is 1.59. The third-order valence-corrected chi connectivity index (χ3v) is 5.57. The summed E-state index contributed by atoms with van der Waals surface area (Å²) in [6, 6.07) is 11.1. The average Bonchev–Trinajstić information content (AvgIpc) is 3.02. The Kier molecular flexibility index (Phi) is 7.07. The zero-order chi connectivity index (χ0) is 21.0. The number of ether oxygens (including phenoxy) is 3. The molecule has 1 aliphatic rings.